The van der Waals surface area contributed by atoms with Crippen molar-refractivity contribution < 1.29 is 29.0 Å². The van der Waals surface area contributed by atoms with Gasteiger partial charge in [0.15, 0.2) is 0 Å². The molecule has 0 bridgehead atoms. The molecule has 0 aromatic rings. The fourth-order valence-electron chi connectivity index (χ4n) is 2.20. The molecule has 0 aromatic carbocycles. The number of hydrogen-bond acceptors (Lipinski definition) is 5. The van der Waals surface area contributed by atoms with E-state index in [1.807, 2.05) is 0 Å². The molecule has 1 heterocycles. The van der Waals surface area contributed by atoms with E-state index in [0.717, 1.165) is 0 Å². The fourth-order valence-corrected chi connectivity index (χ4v) is 2.20. The number of carboxylic acid groups (broad SMARTS) is 1. The number of carboxylic acids is 1. The van der Waals surface area contributed by atoms with Crippen molar-refractivity contribution in [2.75, 3.05) is 13.7 Å². The molecule has 7 nitrogen and oxygen atoms in total. The summed E-state index contributed by atoms with van der Waals surface area (Å²) < 4.78 is 9.89. The topological polar surface area (TPSA) is 93.1 Å². The minimum atomic E-state index is -0.954. The SMILES string of the molecule is COC(=O)[C@@H]1C[C@H](CC(=O)O)CN1C(=O)OC(C)(C)C. The first-order chi connectivity index (χ1) is 9.14. The molecular weight excluding hydrogens is 266 g/mol. The molecule has 0 unspecified atom stereocenters. The molecule has 1 fully saturated rings. The molecule has 0 aromatic heterocycles. The van der Waals surface area contributed by atoms with Crippen LogP contribution < -0.4 is 0 Å². The number of methoxy groups -OCH3 is 1. The summed E-state index contributed by atoms with van der Waals surface area (Å²) in [5, 5.41) is 8.82. The van der Waals surface area contributed by atoms with E-state index in [9.17, 15) is 14.4 Å². The average molecular weight is 287 g/mol. The Balaban J connectivity index is 2.81. The Morgan fingerprint density at radius 3 is 2.35 bits per heavy atom. The van der Waals surface area contributed by atoms with Crippen LogP contribution in [0.4, 0.5) is 4.79 Å². The monoisotopic (exact) mass is 287 g/mol. The van der Waals surface area contributed by atoms with Gasteiger partial charge in [0.25, 0.3) is 0 Å². The van der Waals surface area contributed by atoms with Crippen LogP contribution in [0.3, 0.4) is 0 Å². The lowest BCUT2D eigenvalue weighted by Gasteiger charge is -2.27. The zero-order chi connectivity index (χ0) is 15.5. The fraction of sp³-hybridized carbons (Fsp3) is 0.769. The Kier molecular flexibility index (Phi) is 4.97. The van der Waals surface area contributed by atoms with Crippen LogP contribution >= 0.6 is 0 Å². The molecule has 0 saturated carbocycles. The van der Waals surface area contributed by atoms with Gasteiger partial charge in [0.1, 0.15) is 11.6 Å². The van der Waals surface area contributed by atoms with Crippen molar-refractivity contribution in [1.29, 1.82) is 0 Å². The van der Waals surface area contributed by atoms with Crippen molar-refractivity contribution in [1.82, 2.24) is 4.90 Å². The number of amides is 1. The van der Waals surface area contributed by atoms with Crippen molar-refractivity contribution in [3.63, 3.8) is 0 Å². The van der Waals surface area contributed by atoms with Crippen molar-refractivity contribution in [3.05, 3.63) is 0 Å². The highest BCUT2D eigenvalue weighted by atomic mass is 16.6. The molecule has 2 atom stereocenters. The number of hydrogen-bond donors (Lipinski definition) is 1. The number of likely N-dealkylation sites (tertiary alicyclic amines) is 1. The first kappa shape index (κ1) is 16.3. The van der Waals surface area contributed by atoms with E-state index in [2.05, 4.69) is 4.74 Å². The van der Waals surface area contributed by atoms with Crippen molar-refractivity contribution in [2.45, 2.75) is 45.3 Å². The second-order valence-corrected chi connectivity index (χ2v) is 5.87. The van der Waals surface area contributed by atoms with Gasteiger partial charge in [-0.3, -0.25) is 9.69 Å². The summed E-state index contributed by atoms with van der Waals surface area (Å²) in [6.07, 6.45) is -0.439. The summed E-state index contributed by atoms with van der Waals surface area (Å²) in [5.41, 5.74) is -0.678. The lowest BCUT2D eigenvalue weighted by molar-refractivity contribution is -0.146. The molecule has 20 heavy (non-hydrogen) atoms. The first-order valence-corrected chi connectivity index (χ1v) is 6.43. The van der Waals surface area contributed by atoms with Crippen molar-refractivity contribution >= 4 is 18.0 Å². The summed E-state index contributed by atoms with van der Waals surface area (Å²) >= 11 is 0. The van der Waals surface area contributed by atoms with Crippen LogP contribution in [-0.2, 0) is 19.1 Å². The van der Waals surface area contributed by atoms with Gasteiger partial charge in [0.2, 0.25) is 0 Å². The maximum Gasteiger partial charge on any atom is 0.411 e. The van der Waals surface area contributed by atoms with E-state index in [4.69, 9.17) is 9.84 Å². The average Bonchev–Trinajstić information content (AvgIpc) is 2.68. The van der Waals surface area contributed by atoms with Gasteiger partial charge in [-0.05, 0) is 33.1 Å². The first-order valence-electron chi connectivity index (χ1n) is 6.43. The molecule has 1 aliphatic heterocycles. The summed E-state index contributed by atoms with van der Waals surface area (Å²) in [7, 11) is 1.24. The van der Waals surface area contributed by atoms with Crippen LogP contribution in [0, 0.1) is 5.92 Å². The number of carbonyl (C=O) groups excluding carboxylic acids is 2. The molecule has 1 rings (SSSR count). The van der Waals surface area contributed by atoms with Gasteiger partial charge in [-0.2, -0.15) is 0 Å². The molecule has 1 aliphatic rings. The maximum atomic E-state index is 12.1. The normalized spacial score (nSPS) is 22.5. The molecule has 0 radical (unpaired) electrons. The molecule has 1 N–H and O–H groups in total. The van der Waals surface area contributed by atoms with Crippen LogP contribution in [-0.4, -0.2) is 53.3 Å². The van der Waals surface area contributed by atoms with Gasteiger partial charge < -0.3 is 14.6 Å². The summed E-state index contributed by atoms with van der Waals surface area (Å²) in [6, 6.07) is -0.779. The molecule has 1 saturated heterocycles. The zero-order valence-corrected chi connectivity index (χ0v) is 12.2. The maximum absolute atomic E-state index is 12.1. The molecule has 7 heteroatoms. The third-order valence-electron chi connectivity index (χ3n) is 2.95. The summed E-state index contributed by atoms with van der Waals surface area (Å²) in [6.45, 7) is 5.36. The lowest BCUT2D eigenvalue weighted by atomic mass is 10.0. The van der Waals surface area contributed by atoms with Crippen LogP contribution in [0.2, 0.25) is 0 Å². The van der Waals surface area contributed by atoms with Gasteiger partial charge >= 0.3 is 18.0 Å². The Labute approximate surface area is 117 Å². The van der Waals surface area contributed by atoms with E-state index >= 15 is 0 Å². The largest absolute Gasteiger partial charge is 0.481 e. The van der Waals surface area contributed by atoms with Crippen molar-refractivity contribution in [3.8, 4) is 0 Å². The van der Waals surface area contributed by atoms with E-state index in [1.54, 1.807) is 20.8 Å². The van der Waals surface area contributed by atoms with Gasteiger partial charge in [-0.25, -0.2) is 9.59 Å². The van der Waals surface area contributed by atoms with E-state index in [1.165, 1.54) is 12.0 Å². The van der Waals surface area contributed by atoms with E-state index in [0.29, 0.717) is 0 Å². The van der Waals surface area contributed by atoms with Gasteiger partial charge in [0, 0.05) is 13.0 Å². The third-order valence-corrected chi connectivity index (χ3v) is 2.95. The Hall–Kier alpha value is -1.79. The van der Waals surface area contributed by atoms with Crippen LogP contribution in [0.5, 0.6) is 0 Å². The zero-order valence-electron chi connectivity index (χ0n) is 12.2. The highest BCUT2D eigenvalue weighted by Crippen LogP contribution is 2.28. The Morgan fingerprint density at radius 2 is 1.90 bits per heavy atom. The summed E-state index contributed by atoms with van der Waals surface area (Å²) in [5.74, 6) is -1.78. The predicted octanol–water partition coefficient (Wildman–Crippen LogP) is 1.26. The summed E-state index contributed by atoms with van der Waals surface area (Å²) in [4.78, 5) is 35.8. The predicted molar refractivity (Wildman–Crippen MR) is 69.1 cm³/mol. The van der Waals surface area contributed by atoms with E-state index < -0.39 is 29.7 Å². The highest BCUT2D eigenvalue weighted by Gasteiger charge is 2.42. The second kappa shape index (κ2) is 6.11. The highest BCUT2D eigenvalue weighted by molar-refractivity contribution is 5.82. The molecular formula is C13H21NO6. The number of ether oxygens (including phenoxy) is 2. The quantitative estimate of drug-likeness (QED) is 0.785. The van der Waals surface area contributed by atoms with E-state index in [-0.39, 0.29) is 25.3 Å². The lowest BCUT2D eigenvalue weighted by Crippen LogP contribution is -2.43. The minimum Gasteiger partial charge on any atom is -0.481 e. The number of esters is 1. The number of carbonyl (C=O) groups is 3. The smallest absolute Gasteiger partial charge is 0.411 e. The number of aliphatic carboxylic acids is 1. The van der Waals surface area contributed by atoms with Gasteiger partial charge in [-0.15, -0.1) is 0 Å². The Morgan fingerprint density at radius 1 is 1.30 bits per heavy atom. The Bertz CT molecular complexity index is 400. The molecule has 0 aliphatic carbocycles. The molecule has 1 amide bonds. The molecule has 114 valence electrons. The van der Waals surface area contributed by atoms with Crippen LogP contribution in [0.25, 0.3) is 0 Å². The third kappa shape index (κ3) is 4.40. The van der Waals surface area contributed by atoms with Gasteiger partial charge in [0.05, 0.1) is 7.11 Å². The second-order valence-electron chi connectivity index (χ2n) is 5.87. The standard InChI is InChI=1S/C13H21NO6/c1-13(2,3)20-12(18)14-7-8(6-10(15)16)5-9(14)11(17)19-4/h8-9H,5-7H2,1-4H3,(H,15,16)/t8-,9+/m1/s1. The van der Waals surface area contributed by atoms with Crippen molar-refractivity contribution in [2.24, 2.45) is 5.92 Å². The number of nitrogens with zero attached hydrogens (tertiary/aromatic N) is 1. The van der Waals surface area contributed by atoms with Crippen LogP contribution in [0.15, 0.2) is 0 Å². The minimum absolute atomic E-state index is 0.0905. The van der Waals surface area contributed by atoms with Gasteiger partial charge in [-0.1, -0.05) is 0 Å². The number of rotatable bonds is 3. The molecule has 0 spiro atoms. The van der Waals surface area contributed by atoms with Crippen LogP contribution in [0.1, 0.15) is 33.6 Å².